The number of nitrogens with zero attached hydrogens (tertiary/aromatic N) is 4. The number of benzene rings is 3. The number of rotatable bonds is 6. The normalized spacial score (nSPS) is 16.4. The van der Waals surface area contributed by atoms with Gasteiger partial charge in [0.15, 0.2) is 0 Å². The molecule has 0 unspecified atom stereocenters. The van der Waals surface area contributed by atoms with E-state index in [0.717, 1.165) is 11.0 Å². The lowest BCUT2D eigenvalue weighted by molar-refractivity contribution is -0.385. The fourth-order valence-electron chi connectivity index (χ4n) is 4.65. The van der Waals surface area contributed by atoms with Gasteiger partial charge in [-0.3, -0.25) is 39.4 Å². The molecule has 1 saturated heterocycles. The SMILES string of the molecule is Cc1cc(OC(=O)[C@H]2CC(=O)N(c3ccc([N+](=O)[O-])cc3)C2)ccc1N1C(=O)c2cccc([N+](=O)[O-])c2C1=O. The maximum atomic E-state index is 13.0. The quantitative estimate of drug-likeness (QED) is 0.152. The number of aryl methyl sites for hydroxylation is 1. The van der Waals surface area contributed by atoms with Gasteiger partial charge >= 0.3 is 5.97 Å². The smallest absolute Gasteiger partial charge is 0.316 e. The topological polar surface area (TPSA) is 170 Å². The second-order valence-corrected chi connectivity index (χ2v) is 8.95. The van der Waals surface area contributed by atoms with Gasteiger partial charge < -0.3 is 9.64 Å². The lowest BCUT2D eigenvalue weighted by atomic mass is 10.1. The molecule has 13 heteroatoms. The maximum absolute atomic E-state index is 13.0. The maximum Gasteiger partial charge on any atom is 0.316 e. The zero-order valence-corrected chi connectivity index (χ0v) is 20.2. The van der Waals surface area contributed by atoms with E-state index in [-0.39, 0.29) is 47.1 Å². The molecule has 3 aromatic rings. The number of anilines is 2. The molecule has 0 saturated carbocycles. The highest BCUT2D eigenvalue weighted by Gasteiger charge is 2.42. The van der Waals surface area contributed by atoms with Crippen LogP contribution in [0.15, 0.2) is 60.7 Å². The molecule has 3 aromatic carbocycles. The lowest BCUT2D eigenvalue weighted by Gasteiger charge is -2.18. The third-order valence-electron chi connectivity index (χ3n) is 6.55. The molecule has 0 radical (unpaired) electrons. The number of nitro groups is 2. The van der Waals surface area contributed by atoms with Crippen LogP contribution in [-0.4, -0.2) is 40.1 Å². The van der Waals surface area contributed by atoms with Crippen LogP contribution in [-0.2, 0) is 9.59 Å². The van der Waals surface area contributed by atoms with Gasteiger partial charge in [0.1, 0.15) is 11.3 Å². The van der Waals surface area contributed by atoms with E-state index < -0.39 is 39.2 Å². The van der Waals surface area contributed by atoms with Gasteiger partial charge in [-0.1, -0.05) is 6.07 Å². The molecule has 2 aliphatic heterocycles. The number of esters is 1. The van der Waals surface area contributed by atoms with Crippen molar-refractivity contribution < 1.29 is 33.8 Å². The Morgan fingerprint density at radius 1 is 0.949 bits per heavy atom. The number of fused-ring (bicyclic) bond motifs is 1. The van der Waals surface area contributed by atoms with E-state index in [0.29, 0.717) is 11.3 Å². The molecule has 39 heavy (non-hydrogen) atoms. The Hall–Kier alpha value is -5.46. The van der Waals surface area contributed by atoms with E-state index in [1.54, 1.807) is 6.92 Å². The third-order valence-corrected chi connectivity index (χ3v) is 6.55. The number of amides is 3. The number of hydrogen-bond acceptors (Lipinski definition) is 9. The first-order valence-electron chi connectivity index (χ1n) is 11.6. The Kier molecular flexibility index (Phi) is 6.10. The number of nitro benzene ring substituents is 2. The molecule has 2 heterocycles. The predicted molar refractivity (Wildman–Crippen MR) is 135 cm³/mol. The highest BCUT2D eigenvalue weighted by Crippen LogP contribution is 2.36. The van der Waals surface area contributed by atoms with Gasteiger partial charge in [-0.05, 0) is 48.9 Å². The molecule has 196 valence electrons. The van der Waals surface area contributed by atoms with Crippen LogP contribution in [0.5, 0.6) is 5.75 Å². The Bertz CT molecular complexity index is 1600. The summed E-state index contributed by atoms with van der Waals surface area (Å²) in [5, 5.41) is 22.2. The molecule has 5 rings (SSSR count). The first kappa shape index (κ1) is 25.2. The zero-order valence-electron chi connectivity index (χ0n) is 20.2. The number of non-ortho nitro benzene ring substituents is 1. The molecule has 0 spiro atoms. The number of hydrogen-bond donors (Lipinski definition) is 0. The summed E-state index contributed by atoms with van der Waals surface area (Å²) in [6.07, 6.45) is -0.110. The van der Waals surface area contributed by atoms with Gasteiger partial charge in [0.25, 0.3) is 23.2 Å². The third kappa shape index (κ3) is 4.35. The van der Waals surface area contributed by atoms with Crippen molar-refractivity contribution in [3.05, 3.63) is 97.6 Å². The summed E-state index contributed by atoms with van der Waals surface area (Å²) >= 11 is 0. The van der Waals surface area contributed by atoms with Crippen molar-refractivity contribution in [1.82, 2.24) is 0 Å². The Morgan fingerprint density at radius 2 is 1.67 bits per heavy atom. The Balaban J connectivity index is 1.31. The largest absolute Gasteiger partial charge is 0.426 e. The van der Waals surface area contributed by atoms with Crippen LogP contribution in [0.4, 0.5) is 22.7 Å². The van der Waals surface area contributed by atoms with Crippen molar-refractivity contribution in [2.24, 2.45) is 5.92 Å². The second kappa shape index (κ2) is 9.45. The molecule has 0 aliphatic carbocycles. The Morgan fingerprint density at radius 3 is 2.31 bits per heavy atom. The molecule has 2 aliphatic rings. The first-order chi connectivity index (χ1) is 18.6. The van der Waals surface area contributed by atoms with E-state index in [1.165, 1.54) is 59.5 Å². The van der Waals surface area contributed by atoms with Crippen molar-refractivity contribution in [3.8, 4) is 5.75 Å². The molecular weight excluding hydrogens is 512 g/mol. The summed E-state index contributed by atoms with van der Waals surface area (Å²) in [7, 11) is 0. The summed E-state index contributed by atoms with van der Waals surface area (Å²) in [6, 6.07) is 13.4. The summed E-state index contributed by atoms with van der Waals surface area (Å²) in [4.78, 5) is 74.4. The van der Waals surface area contributed by atoms with E-state index >= 15 is 0 Å². The van der Waals surface area contributed by atoms with Gasteiger partial charge in [0.2, 0.25) is 5.91 Å². The fourth-order valence-corrected chi connectivity index (χ4v) is 4.65. The number of imide groups is 1. The van der Waals surface area contributed by atoms with Crippen LogP contribution < -0.4 is 14.5 Å². The zero-order chi connectivity index (χ0) is 28.0. The highest BCUT2D eigenvalue weighted by atomic mass is 16.6. The average molecular weight is 530 g/mol. The lowest BCUT2D eigenvalue weighted by Crippen LogP contribution is -2.30. The minimum atomic E-state index is -0.828. The van der Waals surface area contributed by atoms with Gasteiger partial charge in [-0.15, -0.1) is 0 Å². The highest BCUT2D eigenvalue weighted by molar-refractivity contribution is 6.35. The van der Waals surface area contributed by atoms with Crippen molar-refractivity contribution >= 4 is 46.4 Å². The van der Waals surface area contributed by atoms with Crippen LogP contribution in [0.1, 0.15) is 32.7 Å². The number of carbonyl (C=O) groups is 4. The average Bonchev–Trinajstić information content (AvgIpc) is 3.41. The first-order valence-corrected chi connectivity index (χ1v) is 11.6. The molecule has 0 bridgehead atoms. The van der Waals surface area contributed by atoms with Crippen LogP contribution in [0.3, 0.4) is 0 Å². The van der Waals surface area contributed by atoms with E-state index in [9.17, 15) is 39.4 Å². The fraction of sp³-hybridized carbons (Fsp3) is 0.154. The minimum Gasteiger partial charge on any atom is -0.426 e. The molecule has 13 nitrogen and oxygen atoms in total. The molecule has 1 atom stereocenters. The van der Waals surface area contributed by atoms with Gasteiger partial charge in [-0.2, -0.15) is 0 Å². The van der Waals surface area contributed by atoms with E-state index in [2.05, 4.69) is 0 Å². The van der Waals surface area contributed by atoms with Crippen LogP contribution in [0, 0.1) is 33.1 Å². The van der Waals surface area contributed by atoms with Crippen molar-refractivity contribution in [2.45, 2.75) is 13.3 Å². The number of carbonyl (C=O) groups excluding carboxylic acids is 4. The van der Waals surface area contributed by atoms with Crippen molar-refractivity contribution in [2.75, 3.05) is 16.3 Å². The standard InChI is InChI=1S/C26H18N4O9/c1-14-11-18(9-10-20(14)28-24(32)19-3-2-4-21(30(37)38)23(19)25(28)33)39-26(34)15-12-22(31)27(13-15)16-5-7-17(8-6-16)29(35)36/h2-11,15H,12-13H2,1H3/t15-/m0/s1. The van der Waals surface area contributed by atoms with Crippen LogP contribution in [0.25, 0.3) is 0 Å². The molecule has 0 N–H and O–H groups in total. The van der Waals surface area contributed by atoms with Gasteiger partial charge in [0.05, 0.1) is 27.0 Å². The Labute approximate surface area is 219 Å². The van der Waals surface area contributed by atoms with E-state index in [1.807, 2.05) is 0 Å². The van der Waals surface area contributed by atoms with Crippen molar-refractivity contribution in [1.29, 1.82) is 0 Å². The monoisotopic (exact) mass is 530 g/mol. The van der Waals surface area contributed by atoms with E-state index in [4.69, 9.17) is 4.74 Å². The summed E-state index contributed by atoms with van der Waals surface area (Å²) in [5.41, 5.74) is 0.0360. The van der Waals surface area contributed by atoms with Crippen molar-refractivity contribution in [3.63, 3.8) is 0 Å². The van der Waals surface area contributed by atoms with Crippen LogP contribution in [0.2, 0.25) is 0 Å². The molecule has 0 aromatic heterocycles. The summed E-state index contributed by atoms with van der Waals surface area (Å²) in [5.74, 6) is -3.21. The van der Waals surface area contributed by atoms with Gasteiger partial charge in [-0.25, -0.2) is 4.90 Å². The molecular formula is C26H18N4O9. The van der Waals surface area contributed by atoms with Crippen LogP contribution >= 0.6 is 0 Å². The summed E-state index contributed by atoms with van der Waals surface area (Å²) < 4.78 is 5.46. The second-order valence-electron chi connectivity index (χ2n) is 8.95. The minimum absolute atomic E-state index is 0.0281. The van der Waals surface area contributed by atoms with Gasteiger partial charge in [0, 0.05) is 36.9 Å². The number of ether oxygens (including phenoxy) is 1. The predicted octanol–water partition coefficient (Wildman–Crippen LogP) is 3.57. The molecule has 1 fully saturated rings. The summed E-state index contributed by atoms with van der Waals surface area (Å²) in [6.45, 7) is 1.61. The molecule has 3 amide bonds.